The third kappa shape index (κ3) is 2.72. The van der Waals surface area contributed by atoms with Crippen molar-refractivity contribution in [2.45, 2.75) is 46.5 Å². The Kier molecular flexibility index (Phi) is 3.77. The van der Waals surface area contributed by atoms with E-state index in [-0.39, 0.29) is 0 Å². The number of rotatable bonds is 5. The van der Waals surface area contributed by atoms with Crippen molar-refractivity contribution >= 4 is 0 Å². The molecule has 74 valence electrons. The van der Waals surface area contributed by atoms with Crippen molar-refractivity contribution in [2.75, 3.05) is 0 Å². The fourth-order valence-electron chi connectivity index (χ4n) is 2.12. The Morgan fingerprint density at radius 1 is 1.46 bits per heavy atom. The molecule has 0 amide bonds. The summed E-state index contributed by atoms with van der Waals surface area (Å²) in [7, 11) is 0. The second-order valence-corrected chi connectivity index (χ2v) is 4.22. The molecule has 0 heterocycles. The van der Waals surface area contributed by atoms with E-state index in [4.69, 9.17) is 0 Å². The topological polar surface area (TPSA) is 0 Å². The van der Waals surface area contributed by atoms with E-state index in [9.17, 15) is 0 Å². The fourth-order valence-corrected chi connectivity index (χ4v) is 2.12. The van der Waals surface area contributed by atoms with Crippen LogP contribution in [0, 0.1) is 11.8 Å². The maximum absolute atomic E-state index is 4.10. The summed E-state index contributed by atoms with van der Waals surface area (Å²) < 4.78 is 0. The fraction of sp³-hybridized carbons (Fsp3) is 0.692. The summed E-state index contributed by atoms with van der Waals surface area (Å²) >= 11 is 0. The maximum Gasteiger partial charge on any atom is -0.0137 e. The zero-order chi connectivity index (χ0) is 9.84. The van der Waals surface area contributed by atoms with Crippen LogP contribution in [0.15, 0.2) is 23.8 Å². The first-order valence-corrected chi connectivity index (χ1v) is 5.51. The average Bonchev–Trinajstić information content (AvgIpc) is 2.76. The highest BCUT2D eigenvalue weighted by molar-refractivity contribution is 5.25. The van der Waals surface area contributed by atoms with Crippen molar-refractivity contribution < 1.29 is 0 Å². The van der Waals surface area contributed by atoms with Crippen LogP contribution in [0.2, 0.25) is 0 Å². The van der Waals surface area contributed by atoms with Crippen molar-refractivity contribution in [3.05, 3.63) is 23.8 Å². The lowest BCUT2D eigenvalue weighted by molar-refractivity contribution is 0.600. The molecule has 0 aromatic rings. The molecule has 2 atom stereocenters. The zero-order valence-electron chi connectivity index (χ0n) is 9.27. The van der Waals surface area contributed by atoms with E-state index >= 15 is 0 Å². The molecule has 0 aromatic carbocycles. The highest BCUT2D eigenvalue weighted by Gasteiger charge is 2.39. The van der Waals surface area contributed by atoms with Crippen LogP contribution in [0.1, 0.15) is 46.5 Å². The van der Waals surface area contributed by atoms with Gasteiger partial charge in [-0.3, -0.25) is 0 Å². The Morgan fingerprint density at radius 2 is 2.15 bits per heavy atom. The largest absolute Gasteiger partial charge is 0.0993 e. The number of hydrogen-bond acceptors (Lipinski definition) is 0. The van der Waals surface area contributed by atoms with Gasteiger partial charge in [0.05, 0.1) is 0 Å². The Bertz CT molecular complexity index is 210. The lowest BCUT2D eigenvalue weighted by Crippen LogP contribution is -1.83. The Balaban J connectivity index is 2.12. The molecule has 0 bridgehead atoms. The minimum absolute atomic E-state index is 0.867. The summed E-state index contributed by atoms with van der Waals surface area (Å²) in [5.74, 6) is 1.74. The third-order valence-electron chi connectivity index (χ3n) is 3.35. The highest BCUT2D eigenvalue weighted by atomic mass is 14.4. The summed E-state index contributed by atoms with van der Waals surface area (Å²) in [6.07, 6.45) is 7.50. The molecule has 1 fully saturated rings. The molecule has 0 nitrogen and oxygen atoms in total. The van der Waals surface area contributed by atoms with Gasteiger partial charge < -0.3 is 0 Å². The second kappa shape index (κ2) is 4.64. The first-order valence-electron chi connectivity index (χ1n) is 5.51. The first kappa shape index (κ1) is 10.6. The Hall–Kier alpha value is -0.520. The molecule has 1 aliphatic rings. The minimum Gasteiger partial charge on any atom is -0.0993 e. The molecule has 1 saturated carbocycles. The number of hydrogen-bond donors (Lipinski definition) is 0. The predicted octanol–water partition coefficient (Wildman–Crippen LogP) is 4.34. The zero-order valence-corrected chi connectivity index (χ0v) is 9.27. The first-order chi connectivity index (χ1) is 6.20. The molecule has 2 unspecified atom stereocenters. The van der Waals surface area contributed by atoms with Crippen LogP contribution in [0.25, 0.3) is 0 Å². The second-order valence-electron chi connectivity index (χ2n) is 4.22. The molecular weight excluding hydrogens is 156 g/mol. The smallest absolute Gasteiger partial charge is 0.0137 e. The van der Waals surface area contributed by atoms with E-state index in [0.29, 0.717) is 0 Å². The SMILES string of the molecule is C=C1C(CC)C1CCCC(C)=CC. The van der Waals surface area contributed by atoms with Gasteiger partial charge in [0, 0.05) is 0 Å². The quantitative estimate of drug-likeness (QED) is 0.549. The Morgan fingerprint density at radius 3 is 2.62 bits per heavy atom. The van der Waals surface area contributed by atoms with E-state index in [1.807, 2.05) is 0 Å². The average molecular weight is 178 g/mol. The van der Waals surface area contributed by atoms with E-state index in [0.717, 1.165) is 11.8 Å². The molecule has 0 N–H and O–H groups in total. The van der Waals surface area contributed by atoms with Gasteiger partial charge in [-0.15, -0.1) is 0 Å². The number of allylic oxidation sites excluding steroid dienone is 3. The van der Waals surface area contributed by atoms with Gasteiger partial charge in [-0.2, -0.15) is 0 Å². The highest BCUT2D eigenvalue weighted by Crippen LogP contribution is 2.49. The van der Waals surface area contributed by atoms with E-state index in [2.05, 4.69) is 33.4 Å². The molecule has 0 radical (unpaired) electrons. The van der Waals surface area contributed by atoms with Crippen LogP contribution < -0.4 is 0 Å². The van der Waals surface area contributed by atoms with Crippen molar-refractivity contribution in [1.82, 2.24) is 0 Å². The summed E-state index contributed by atoms with van der Waals surface area (Å²) in [5, 5.41) is 0. The lowest BCUT2D eigenvalue weighted by atomic mass is 10.1. The molecule has 0 aromatic heterocycles. The van der Waals surface area contributed by atoms with Crippen molar-refractivity contribution in [3.63, 3.8) is 0 Å². The molecular formula is C13H22. The van der Waals surface area contributed by atoms with E-state index in [1.54, 1.807) is 0 Å². The van der Waals surface area contributed by atoms with Crippen molar-refractivity contribution in [3.8, 4) is 0 Å². The molecule has 1 aliphatic carbocycles. The van der Waals surface area contributed by atoms with Crippen molar-refractivity contribution in [1.29, 1.82) is 0 Å². The third-order valence-corrected chi connectivity index (χ3v) is 3.35. The van der Waals surface area contributed by atoms with Crippen LogP contribution in [-0.2, 0) is 0 Å². The Labute approximate surface area is 82.7 Å². The summed E-state index contributed by atoms with van der Waals surface area (Å²) in [6, 6.07) is 0. The summed E-state index contributed by atoms with van der Waals surface area (Å²) in [5.41, 5.74) is 3.04. The molecule has 13 heavy (non-hydrogen) atoms. The van der Waals surface area contributed by atoms with E-state index < -0.39 is 0 Å². The molecule has 0 saturated heterocycles. The predicted molar refractivity (Wildman–Crippen MR) is 59.7 cm³/mol. The van der Waals surface area contributed by atoms with Crippen LogP contribution >= 0.6 is 0 Å². The van der Waals surface area contributed by atoms with Gasteiger partial charge in [-0.05, 0) is 51.4 Å². The van der Waals surface area contributed by atoms with Gasteiger partial charge in [0.2, 0.25) is 0 Å². The van der Waals surface area contributed by atoms with Crippen LogP contribution in [0.5, 0.6) is 0 Å². The monoisotopic (exact) mass is 178 g/mol. The van der Waals surface area contributed by atoms with Crippen LogP contribution in [0.3, 0.4) is 0 Å². The molecule has 0 aliphatic heterocycles. The summed E-state index contributed by atoms with van der Waals surface area (Å²) in [6.45, 7) is 10.7. The summed E-state index contributed by atoms with van der Waals surface area (Å²) in [4.78, 5) is 0. The normalized spacial score (nSPS) is 27.9. The maximum atomic E-state index is 4.10. The standard InChI is InChI=1S/C13H22/c1-5-10(3)8-7-9-13-11(4)12(13)6-2/h5,12-13H,4,6-9H2,1-3H3. The lowest BCUT2D eigenvalue weighted by Gasteiger charge is -1.99. The van der Waals surface area contributed by atoms with Crippen LogP contribution in [0.4, 0.5) is 0 Å². The van der Waals surface area contributed by atoms with Gasteiger partial charge in [-0.25, -0.2) is 0 Å². The van der Waals surface area contributed by atoms with Gasteiger partial charge in [0.25, 0.3) is 0 Å². The minimum atomic E-state index is 0.867. The molecule has 0 heteroatoms. The van der Waals surface area contributed by atoms with Gasteiger partial charge in [0.1, 0.15) is 0 Å². The van der Waals surface area contributed by atoms with Gasteiger partial charge >= 0.3 is 0 Å². The van der Waals surface area contributed by atoms with Crippen LogP contribution in [-0.4, -0.2) is 0 Å². The van der Waals surface area contributed by atoms with E-state index in [1.165, 1.54) is 36.8 Å². The molecule has 1 rings (SSSR count). The van der Waals surface area contributed by atoms with Gasteiger partial charge in [0.15, 0.2) is 0 Å². The van der Waals surface area contributed by atoms with Crippen molar-refractivity contribution in [2.24, 2.45) is 11.8 Å². The molecule has 0 spiro atoms. The van der Waals surface area contributed by atoms with Gasteiger partial charge in [-0.1, -0.05) is 30.7 Å².